The predicted octanol–water partition coefficient (Wildman–Crippen LogP) is -2.24. The molecule has 182 valence electrons. The van der Waals surface area contributed by atoms with Crippen molar-refractivity contribution in [1.82, 2.24) is 15.5 Å². The molecule has 0 radical (unpaired) electrons. The summed E-state index contributed by atoms with van der Waals surface area (Å²) in [5, 5.41) is 23.6. The van der Waals surface area contributed by atoms with E-state index in [0.29, 0.717) is 25.1 Å². The summed E-state index contributed by atoms with van der Waals surface area (Å²) < 4.78 is 0. The van der Waals surface area contributed by atoms with Gasteiger partial charge in [0.05, 0.1) is 12.1 Å². The van der Waals surface area contributed by atoms with Crippen molar-refractivity contribution in [2.24, 2.45) is 11.5 Å². The zero-order valence-corrected chi connectivity index (χ0v) is 19.1. The smallest absolute Gasteiger partial charge is 0.328 e. The van der Waals surface area contributed by atoms with Crippen molar-refractivity contribution < 1.29 is 34.2 Å². The van der Waals surface area contributed by atoms with Crippen LogP contribution in [0.15, 0.2) is 0 Å². The maximum Gasteiger partial charge on any atom is 0.328 e. The van der Waals surface area contributed by atoms with Gasteiger partial charge in [-0.05, 0) is 44.6 Å². The standard InChI is InChI=1S/C19H33N5O7S/c1-10(25)15(19(30)31)23-16(27)12(7-9-32-2)22-17(28)13-4-3-8-24(13)18(29)11(20)5-6-14(21)26/h10-13,15,25H,3-9,20H2,1-2H3,(H2,21,26)(H,22,28)(H,23,27)(H,30,31). The van der Waals surface area contributed by atoms with Gasteiger partial charge in [-0.2, -0.15) is 11.8 Å². The number of likely N-dealkylation sites (tertiary alicyclic amines) is 1. The third-order valence-electron chi connectivity index (χ3n) is 5.15. The number of thioether (sulfide) groups is 1. The van der Waals surface area contributed by atoms with E-state index in [4.69, 9.17) is 11.5 Å². The molecule has 0 saturated carbocycles. The highest BCUT2D eigenvalue weighted by molar-refractivity contribution is 7.98. The topological polar surface area (TPSA) is 205 Å². The van der Waals surface area contributed by atoms with Crippen LogP contribution in [0.2, 0.25) is 0 Å². The van der Waals surface area contributed by atoms with Gasteiger partial charge < -0.3 is 37.2 Å². The number of aliphatic hydroxyl groups is 1. The molecule has 12 nitrogen and oxygen atoms in total. The Morgan fingerprint density at radius 1 is 1.19 bits per heavy atom. The lowest BCUT2D eigenvalue weighted by Gasteiger charge is -2.28. The number of hydrogen-bond acceptors (Lipinski definition) is 8. The Bertz CT molecular complexity index is 706. The average molecular weight is 476 g/mol. The van der Waals surface area contributed by atoms with Gasteiger partial charge in [0, 0.05) is 13.0 Å². The summed E-state index contributed by atoms with van der Waals surface area (Å²) in [6, 6.07) is -4.38. The van der Waals surface area contributed by atoms with Crippen LogP contribution in [0.25, 0.3) is 0 Å². The van der Waals surface area contributed by atoms with Gasteiger partial charge in [-0.3, -0.25) is 19.2 Å². The van der Waals surface area contributed by atoms with Crippen molar-refractivity contribution in [1.29, 1.82) is 0 Å². The Hall–Kier alpha value is -2.38. The number of rotatable bonds is 13. The minimum Gasteiger partial charge on any atom is -0.480 e. The SMILES string of the molecule is CSCCC(NC(=O)C1CCCN1C(=O)C(N)CCC(N)=O)C(=O)NC(C(=O)O)C(C)O. The molecule has 5 atom stereocenters. The van der Waals surface area contributed by atoms with Crippen LogP contribution < -0.4 is 22.1 Å². The molecule has 1 heterocycles. The van der Waals surface area contributed by atoms with Crippen molar-refractivity contribution in [3.05, 3.63) is 0 Å². The summed E-state index contributed by atoms with van der Waals surface area (Å²) in [7, 11) is 0. The van der Waals surface area contributed by atoms with Gasteiger partial charge in [-0.15, -0.1) is 0 Å². The van der Waals surface area contributed by atoms with Gasteiger partial charge in [-0.1, -0.05) is 0 Å². The molecule has 1 fully saturated rings. The Morgan fingerprint density at radius 3 is 2.38 bits per heavy atom. The van der Waals surface area contributed by atoms with Crippen molar-refractivity contribution >= 4 is 41.4 Å². The molecule has 4 amide bonds. The number of amides is 4. The van der Waals surface area contributed by atoms with Gasteiger partial charge in [0.25, 0.3) is 0 Å². The summed E-state index contributed by atoms with van der Waals surface area (Å²) in [5.41, 5.74) is 10.9. The second kappa shape index (κ2) is 13.2. The highest BCUT2D eigenvalue weighted by atomic mass is 32.2. The number of carboxylic acids is 1. The fourth-order valence-corrected chi connectivity index (χ4v) is 3.82. The normalized spacial score (nSPS) is 19.5. The summed E-state index contributed by atoms with van der Waals surface area (Å²) in [6.07, 6.45) is 1.66. The van der Waals surface area contributed by atoms with E-state index in [1.165, 1.54) is 23.6 Å². The van der Waals surface area contributed by atoms with Crippen molar-refractivity contribution in [2.75, 3.05) is 18.6 Å². The van der Waals surface area contributed by atoms with Gasteiger partial charge >= 0.3 is 5.97 Å². The minimum atomic E-state index is -1.52. The van der Waals surface area contributed by atoms with Gasteiger partial charge in [-0.25, -0.2) is 4.79 Å². The molecule has 1 aliphatic heterocycles. The van der Waals surface area contributed by atoms with E-state index in [1.807, 2.05) is 6.26 Å². The first kappa shape index (κ1) is 27.7. The Balaban J connectivity index is 2.87. The number of carboxylic acid groups (broad SMARTS) is 1. The molecule has 0 aliphatic carbocycles. The fraction of sp³-hybridized carbons (Fsp3) is 0.737. The first-order valence-corrected chi connectivity index (χ1v) is 11.7. The number of nitrogens with zero attached hydrogens (tertiary/aromatic N) is 1. The molecule has 0 aromatic rings. The molecule has 0 bridgehead atoms. The van der Waals surface area contributed by atoms with Gasteiger partial charge in [0.1, 0.15) is 12.1 Å². The van der Waals surface area contributed by atoms with Crippen LogP contribution >= 0.6 is 11.8 Å². The van der Waals surface area contributed by atoms with Crippen LogP contribution in [0.3, 0.4) is 0 Å². The van der Waals surface area contributed by atoms with Crippen molar-refractivity contribution in [2.45, 2.75) is 69.3 Å². The molecule has 1 aliphatic rings. The summed E-state index contributed by atoms with van der Waals surface area (Å²) in [5.74, 6) is -3.24. The van der Waals surface area contributed by atoms with E-state index in [-0.39, 0.29) is 19.3 Å². The molecule has 0 aromatic heterocycles. The first-order valence-electron chi connectivity index (χ1n) is 10.3. The lowest BCUT2D eigenvalue weighted by Crippen LogP contribution is -2.58. The molecule has 0 spiro atoms. The molecule has 5 unspecified atom stereocenters. The predicted molar refractivity (Wildman–Crippen MR) is 117 cm³/mol. The lowest BCUT2D eigenvalue weighted by molar-refractivity contribution is -0.145. The zero-order chi connectivity index (χ0) is 24.4. The molecule has 1 rings (SSSR count). The average Bonchev–Trinajstić information content (AvgIpc) is 3.21. The Labute approximate surface area is 190 Å². The van der Waals surface area contributed by atoms with Gasteiger partial charge in [0.2, 0.25) is 23.6 Å². The molecular weight excluding hydrogens is 442 g/mol. The molecule has 0 aromatic carbocycles. The summed E-state index contributed by atoms with van der Waals surface area (Å²) in [6.45, 7) is 1.55. The third-order valence-corrected chi connectivity index (χ3v) is 5.79. The number of nitrogens with two attached hydrogens (primary N) is 2. The van der Waals surface area contributed by atoms with Crippen LogP contribution in [-0.4, -0.2) is 93.5 Å². The van der Waals surface area contributed by atoms with E-state index < -0.39 is 59.9 Å². The molecule has 1 saturated heterocycles. The third kappa shape index (κ3) is 8.28. The van der Waals surface area contributed by atoms with E-state index in [0.717, 1.165) is 0 Å². The van der Waals surface area contributed by atoms with Crippen molar-refractivity contribution in [3.63, 3.8) is 0 Å². The molecular formula is C19H33N5O7S. The highest BCUT2D eigenvalue weighted by Crippen LogP contribution is 2.19. The lowest BCUT2D eigenvalue weighted by atomic mass is 10.1. The maximum absolute atomic E-state index is 12.9. The summed E-state index contributed by atoms with van der Waals surface area (Å²) >= 11 is 1.44. The minimum absolute atomic E-state index is 0.0530. The zero-order valence-electron chi connectivity index (χ0n) is 18.3. The number of primary amides is 1. The second-order valence-electron chi connectivity index (χ2n) is 7.71. The molecule has 13 heteroatoms. The van der Waals surface area contributed by atoms with Crippen LogP contribution in [-0.2, 0) is 24.0 Å². The largest absolute Gasteiger partial charge is 0.480 e. The monoisotopic (exact) mass is 475 g/mol. The van der Waals surface area contributed by atoms with Gasteiger partial charge in [0.15, 0.2) is 6.04 Å². The number of carbonyl (C=O) groups is 5. The summed E-state index contributed by atoms with van der Waals surface area (Å²) in [4.78, 5) is 61.7. The van der Waals surface area contributed by atoms with E-state index in [2.05, 4.69) is 10.6 Å². The molecule has 32 heavy (non-hydrogen) atoms. The Morgan fingerprint density at radius 2 is 1.84 bits per heavy atom. The number of aliphatic carboxylic acids is 1. The van der Waals surface area contributed by atoms with E-state index in [9.17, 15) is 34.2 Å². The molecule has 8 N–H and O–H groups in total. The number of aliphatic hydroxyl groups excluding tert-OH is 1. The Kier molecular flexibility index (Phi) is 11.4. The van der Waals surface area contributed by atoms with E-state index >= 15 is 0 Å². The quantitative estimate of drug-likeness (QED) is 0.170. The van der Waals surface area contributed by atoms with Crippen LogP contribution in [0.5, 0.6) is 0 Å². The van der Waals surface area contributed by atoms with Crippen LogP contribution in [0.1, 0.15) is 39.0 Å². The van der Waals surface area contributed by atoms with E-state index in [1.54, 1.807) is 0 Å². The fourth-order valence-electron chi connectivity index (χ4n) is 3.35. The van der Waals surface area contributed by atoms with Crippen molar-refractivity contribution in [3.8, 4) is 0 Å². The highest BCUT2D eigenvalue weighted by Gasteiger charge is 2.38. The maximum atomic E-state index is 12.9. The number of carbonyl (C=O) groups excluding carboxylic acids is 4. The van der Waals surface area contributed by atoms with Crippen LogP contribution in [0.4, 0.5) is 0 Å². The first-order chi connectivity index (χ1) is 15.0. The second-order valence-corrected chi connectivity index (χ2v) is 8.69. The van der Waals surface area contributed by atoms with Crippen LogP contribution in [0, 0.1) is 0 Å². The number of nitrogens with one attached hydrogen (secondary N) is 2. The number of hydrogen-bond donors (Lipinski definition) is 6.